The van der Waals surface area contributed by atoms with Crippen molar-refractivity contribution in [1.29, 1.82) is 0 Å². The van der Waals surface area contributed by atoms with Gasteiger partial charge in [0.25, 0.3) is 5.69 Å². The number of aromatic nitrogens is 1. The molecule has 3 rings (SSSR count). The molecule has 0 amide bonds. The van der Waals surface area contributed by atoms with Crippen LogP contribution in [0.3, 0.4) is 0 Å². The van der Waals surface area contributed by atoms with Crippen LogP contribution < -0.4 is 5.32 Å². The molecule has 0 unspecified atom stereocenters. The van der Waals surface area contributed by atoms with E-state index in [-0.39, 0.29) is 5.69 Å². The zero-order valence-electron chi connectivity index (χ0n) is 11.4. The Morgan fingerprint density at radius 3 is 2.71 bits per heavy atom. The summed E-state index contributed by atoms with van der Waals surface area (Å²) in [6, 6.07) is 13.0. The van der Waals surface area contributed by atoms with Gasteiger partial charge in [-0.05, 0) is 18.6 Å². The number of nitro groups is 1. The molecule has 2 aromatic carbocycles. The predicted octanol–water partition coefficient (Wildman–Crippen LogP) is 4.13. The highest BCUT2D eigenvalue weighted by Gasteiger charge is 2.10. The Morgan fingerprint density at radius 2 is 2.00 bits per heavy atom. The average Bonchev–Trinajstić information content (AvgIpc) is 2.88. The van der Waals surface area contributed by atoms with Gasteiger partial charge >= 0.3 is 0 Å². The lowest BCUT2D eigenvalue weighted by Gasteiger charge is -2.02. The van der Waals surface area contributed by atoms with E-state index in [1.165, 1.54) is 28.5 Å². The average molecular weight is 299 g/mol. The molecule has 106 valence electrons. The predicted molar refractivity (Wildman–Crippen MR) is 84.8 cm³/mol. The van der Waals surface area contributed by atoms with Gasteiger partial charge in [0.05, 0.1) is 15.1 Å². The third-order valence-electron chi connectivity index (χ3n) is 3.15. The summed E-state index contributed by atoms with van der Waals surface area (Å²) in [4.78, 5) is 14.8. The molecule has 0 aliphatic carbocycles. The lowest BCUT2D eigenvalue weighted by atomic mass is 10.1. The van der Waals surface area contributed by atoms with Gasteiger partial charge in [-0.3, -0.25) is 10.1 Å². The van der Waals surface area contributed by atoms with E-state index in [1.807, 2.05) is 0 Å². The van der Waals surface area contributed by atoms with Gasteiger partial charge in [-0.15, -0.1) is 0 Å². The molecule has 1 N–H and O–H groups in total. The molecule has 1 aromatic heterocycles. The first-order chi connectivity index (χ1) is 10.1. The summed E-state index contributed by atoms with van der Waals surface area (Å²) in [5, 5.41) is 14.8. The molecule has 6 heteroatoms. The molecule has 0 fully saturated rings. The number of rotatable bonds is 4. The number of benzene rings is 2. The largest absolute Gasteiger partial charge is 0.357 e. The van der Waals surface area contributed by atoms with Gasteiger partial charge in [-0.2, -0.15) is 0 Å². The van der Waals surface area contributed by atoms with Crippen molar-refractivity contribution in [2.45, 2.75) is 13.5 Å². The zero-order valence-corrected chi connectivity index (χ0v) is 12.2. The smallest absolute Gasteiger partial charge is 0.270 e. The van der Waals surface area contributed by atoms with Gasteiger partial charge in [0, 0.05) is 18.7 Å². The van der Waals surface area contributed by atoms with E-state index in [0.717, 1.165) is 15.3 Å². The number of fused-ring (bicyclic) bond motifs is 1. The summed E-state index contributed by atoms with van der Waals surface area (Å²) < 4.78 is 0.815. The standard InChI is InChI=1S/C15H13N3O2S/c1-10-2-4-11(5-3-10)9-16-15-17-13-7-6-12(18(19)20)8-14(13)21-15/h2-8H,9H2,1H3,(H,16,17). The van der Waals surface area contributed by atoms with Gasteiger partial charge in [0.2, 0.25) is 0 Å². The van der Waals surface area contributed by atoms with E-state index in [4.69, 9.17) is 0 Å². The Hall–Kier alpha value is -2.47. The highest BCUT2D eigenvalue weighted by atomic mass is 32.1. The van der Waals surface area contributed by atoms with Crippen LogP contribution in [0.5, 0.6) is 0 Å². The maximum atomic E-state index is 10.8. The molecule has 0 aliphatic heterocycles. The highest BCUT2D eigenvalue weighted by Crippen LogP contribution is 2.29. The van der Waals surface area contributed by atoms with Crippen molar-refractivity contribution >= 4 is 32.4 Å². The van der Waals surface area contributed by atoms with Crippen molar-refractivity contribution < 1.29 is 4.92 Å². The SMILES string of the molecule is Cc1ccc(CNc2nc3ccc([N+](=O)[O-])cc3s2)cc1. The number of nitro benzene ring substituents is 1. The van der Waals surface area contributed by atoms with Crippen LogP contribution in [0.1, 0.15) is 11.1 Å². The second-order valence-electron chi connectivity index (χ2n) is 4.77. The van der Waals surface area contributed by atoms with Crippen LogP contribution >= 0.6 is 11.3 Å². The monoisotopic (exact) mass is 299 g/mol. The molecule has 0 atom stereocenters. The highest BCUT2D eigenvalue weighted by molar-refractivity contribution is 7.22. The van der Waals surface area contributed by atoms with Crippen molar-refractivity contribution in [3.05, 3.63) is 63.7 Å². The lowest BCUT2D eigenvalue weighted by Crippen LogP contribution is -1.98. The minimum Gasteiger partial charge on any atom is -0.357 e. The van der Waals surface area contributed by atoms with E-state index in [9.17, 15) is 10.1 Å². The third-order valence-corrected chi connectivity index (χ3v) is 4.12. The molecule has 0 spiro atoms. The fourth-order valence-corrected chi connectivity index (χ4v) is 2.88. The van der Waals surface area contributed by atoms with Gasteiger partial charge in [0.15, 0.2) is 5.13 Å². The lowest BCUT2D eigenvalue weighted by molar-refractivity contribution is -0.384. The van der Waals surface area contributed by atoms with Crippen LogP contribution in [-0.2, 0) is 6.54 Å². The molecular formula is C15H13N3O2S. The van der Waals surface area contributed by atoms with Crippen LogP contribution in [0.25, 0.3) is 10.2 Å². The number of nitrogens with zero attached hydrogens (tertiary/aromatic N) is 2. The van der Waals surface area contributed by atoms with Crippen LogP contribution in [0.4, 0.5) is 10.8 Å². The van der Waals surface area contributed by atoms with Gasteiger partial charge < -0.3 is 5.32 Å². The van der Waals surface area contributed by atoms with E-state index in [1.54, 1.807) is 12.1 Å². The summed E-state index contributed by atoms with van der Waals surface area (Å²) >= 11 is 1.42. The maximum absolute atomic E-state index is 10.8. The normalized spacial score (nSPS) is 10.7. The summed E-state index contributed by atoms with van der Waals surface area (Å²) in [6.45, 7) is 2.74. The molecule has 0 saturated heterocycles. The molecule has 0 aliphatic rings. The number of thiazole rings is 1. The number of hydrogen-bond acceptors (Lipinski definition) is 5. The number of aryl methyl sites for hydroxylation is 1. The minimum absolute atomic E-state index is 0.0937. The first-order valence-electron chi connectivity index (χ1n) is 6.46. The second kappa shape index (κ2) is 5.49. The Morgan fingerprint density at radius 1 is 1.24 bits per heavy atom. The first kappa shape index (κ1) is 13.5. The molecule has 21 heavy (non-hydrogen) atoms. The topological polar surface area (TPSA) is 68.1 Å². The zero-order chi connectivity index (χ0) is 14.8. The van der Waals surface area contributed by atoms with Crippen LogP contribution in [0.15, 0.2) is 42.5 Å². The molecule has 0 radical (unpaired) electrons. The number of hydrogen-bond donors (Lipinski definition) is 1. The fourth-order valence-electron chi connectivity index (χ4n) is 1.99. The van der Waals surface area contributed by atoms with Crippen LogP contribution in [0, 0.1) is 17.0 Å². The summed E-state index contributed by atoms with van der Waals surface area (Å²) in [6.07, 6.45) is 0. The molecule has 0 saturated carbocycles. The van der Waals surface area contributed by atoms with Crippen LogP contribution in [-0.4, -0.2) is 9.91 Å². The maximum Gasteiger partial charge on any atom is 0.270 e. The summed E-state index contributed by atoms with van der Waals surface area (Å²) in [7, 11) is 0. The first-order valence-corrected chi connectivity index (χ1v) is 7.28. The van der Waals surface area contributed by atoms with Gasteiger partial charge in [-0.25, -0.2) is 4.98 Å². The Kier molecular flexibility index (Phi) is 3.53. The second-order valence-corrected chi connectivity index (χ2v) is 5.80. The van der Waals surface area contributed by atoms with Crippen LogP contribution in [0.2, 0.25) is 0 Å². The van der Waals surface area contributed by atoms with Crippen molar-refractivity contribution in [2.75, 3.05) is 5.32 Å². The van der Waals surface area contributed by atoms with Gasteiger partial charge in [-0.1, -0.05) is 41.2 Å². The fraction of sp³-hybridized carbons (Fsp3) is 0.133. The van der Waals surface area contributed by atoms with E-state index in [0.29, 0.717) is 6.54 Å². The summed E-state index contributed by atoms with van der Waals surface area (Å²) in [5.41, 5.74) is 3.27. The van der Waals surface area contributed by atoms with Crippen molar-refractivity contribution in [3.63, 3.8) is 0 Å². The molecule has 1 heterocycles. The third kappa shape index (κ3) is 3.00. The quantitative estimate of drug-likeness (QED) is 0.581. The van der Waals surface area contributed by atoms with Crippen molar-refractivity contribution in [3.8, 4) is 0 Å². The number of non-ortho nitro benzene ring substituents is 1. The Labute approximate surface area is 125 Å². The van der Waals surface area contributed by atoms with Gasteiger partial charge in [0.1, 0.15) is 0 Å². The number of anilines is 1. The molecular weight excluding hydrogens is 286 g/mol. The number of nitrogens with one attached hydrogen (secondary N) is 1. The van der Waals surface area contributed by atoms with E-state index >= 15 is 0 Å². The minimum atomic E-state index is -0.390. The van der Waals surface area contributed by atoms with E-state index in [2.05, 4.69) is 41.5 Å². The molecule has 0 bridgehead atoms. The van der Waals surface area contributed by atoms with Crippen molar-refractivity contribution in [1.82, 2.24) is 4.98 Å². The summed E-state index contributed by atoms with van der Waals surface area (Å²) in [5.74, 6) is 0. The van der Waals surface area contributed by atoms with Crippen molar-refractivity contribution in [2.24, 2.45) is 0 Å². The van der Waals surface area contributed by atoms with E-state index < -0.39 is 4.92 Å². The Bertz CT molecular complexity index is 796. The molecule has 5 nitrogen and oxygen atoms in total. The Balaban J connectivity index is 1.78. The molecule has 3 aromatic rings.